The maximum absolute atomic E-state index is 10.7. The van der Waals surface area contributed by atoms with E-state index in [1.54, 1.807) is 13.0 Å². The monoisotopic (exact) mass is 214 g/mol. The smallest absolute Gasteiger partial charge is 0.249 e. The number of nitrogens with zero attached hydrogens (tertiary/aromatic N) is 1. The summed E-state index contributed by atoms with van der Waals surface area (Å²) in [6.07, 6.45) is 1.54. The predicted molar refractivity (Wildman–Crippen MR) is 45.2 cm³/mol. The molecule has 0 aliphatic carbocycles. The van der Waals surface area contributed by atoms with Crippen LogP contribution in [0.15, 0.2) is 16.9 Å². The summed E-state index contributed by atoms with van der Waals surface area (Å²) in [5.41, 5.74) is 6.38. The van der Waals surface area contributed by atoms with Gasteiger partial charge in [-0.3, -0.25) is 4.79 Å². The standard InChI is InChI=1S/C7H7BrN2O/c1-4-5(7(9)11)2-3-10-6(4)8/h2-3H,1H3,(H2,9,11). The molecule has 58 valence electrons. The van der Waals surface area contributed by atoms with Crippen LogP contribution in [0.3, 0.4) is 0 Å². The second-order valence-electron chi connectivity index (χ2n) is 2.14. The van der Waals surface area contributed by atoms with Crippen LogP contribution in [-0.4, -0.2) is 10.9 Å². The van der Waals surface area contributed by atoms with E-state index in [-0.39, 0.29) is 0 Å². The van der Waals surface area contributed by atoms with Gasteiger partial charge in [-0.05, 0) is 34.5 Å². The summed E-state index contributed by atoms with van der Waals surface area (Å²) in [4.78, 5) is 14.7. The first-order valence-electron chi connectivity index (χ1n) is 3.04. The van der Waals surface area contributed by atoms with Crippen molar-refractivity contribution in [1.82, 2.24) is 4.98 Å². The molecule has 0 fully saturated rings. The fourth-order valence-corrected chi connectivity index (χ4v) is 1.11. The van der Waals surface area contributed by atoms with Gasteiger partial charge in [-0.1, -0.05) is 0 Å². The third-order valence-electron chi connectivity index (χ3n) is 1.41. The second-order valence-corrected chi connectivity index (χ2v) is 2.89. The van der Waals surface area contributed by atoms with E-state index in [0.29, 0.717) is 10.2 Å². The lowest BCUT2D eigenvalue weighted by atomic mass is 10.1. The van der Waals surface area contributed by atoms with Gasteiger partial charge in [0.1, 0.15) is 4.60 Å². The molecule has 1 amide bonds. The molecule has 0 radical (unpaired) electrons. The van der Waals surface area contributed by atoms with Gasteiger partial charge in [-0.15, -0.1) is 0 Å². The maximum Gasteiger partial charge on any atom is 0.249 e. The normalized spacial score (nSPS) is 9.64. The highest BCUT2D eigenvalue weighted by molar-refractivity contribution is 9.10. The molecule has 0 spiro atoms. The molecule has 0 saturated heterocycles. The Morgan fingerprint density at radius 3 is 2.82 bits per heavy atom. The minimum Gasteiger partial charge on any atom is -0.366 e. The molecule has 1 aromatic heterocycles. The van der Waals surface area contributed by atoms with E-state index >= 15 is 0 Å². The minimum absolute atomic E-state index is 0.425. The molecule has 1 rings (SSSR count). The molecule has 0 atom stereocenters. The number of pyridine rings is 1. The van der Waals surface area contributed by atoms with Crippen molar-refractivity contribution in [3.05, 3.63) is 28.0 Å². The van der Waals surface area contributed by atoms with Gasteiger partial charge in [0.15, 0.2) is 0 Å². The zero-order valence-corrected chi connectivity index (χ0v) is 7.55. The molecule has 11 heavy (non-hydrogen) atoms. The summed E-state index contributed by atoms with van der Waals surface area (Å²) in [7, 11) is 0. The first-order chi connectivity index (χ1) is 5.13. The van der Waals surface area contributed by atoms with Gasteiger partial charge in [-0.25, -0.2) is 4.98 Å². The van der Waals surface area contributed by atoms with Crippen LogP contribution in [0.1, 0.15) is 15.9 Å². The number of carbonyl (C=O) groups is 1. The fourth-order valence-electron chi connectivity index (χ4n) is 0.777. The van der Waals surface area contributed by atoms with Crippen molar-refractivity contribution in [1.29, 1.82) is 0 Å². The Balaban J connectivity index is 3.27. The van der Waals surface area contributed by atoms with Gasteiger partial charge in [0.2, 0.25) is 5.91 Å². The number of amides is 1. The van der Waals surface area contributed by atoms with Gasteiger partial charge in [-0.2, -0.15) is 0 Å². The maximum atomic E-state index is 10.7. The predicted octanol–water partition coefficient (Wildman–Crippen LogP) is 1.25. The van der Waals surface area contributed by atoms with Gasteiger partial charge < -0.3 is 5.73 Å². The Bertz CT molecular complexity index is 298. The minimum atomic E-state index is -0.425. The number of hydrogen-bond acceptors (Lipinski definition) is 2. The summed E-state index contributed by atoms with van der Waals surface area (Å²) in [6, 6.07) is 1.60. The summed E-state index contributed by atoms with van der Waals surface area (Å²) in [5.74, 6) is -0.425. The lowest BCUT2D eigenvalue weighted by Crippen LogP contribution is -2.12. The van der Waals surface area contributed by atoms with Gasteiger partial charge in [0.05, 0.1) is 0 Å². The molecule has 3 nitrogen and oxygen atoms in total. The highest BCUT2D eigenvalue weighted by Crippen LogP contribution is 2.15. The average Bonchev–Trinajstić information content (AvgIpc) is 1.94. The van der Waals surface area contributed by atoms with Crippen LogP contribution < -0.4 is 5.73 Å². The third kappa shape index (κ3) is 1.57. The molecule has 1 aromatic rings. The van der Waals surface area contributed by atoms with Crippen LogP contribution in [0, 0.1) is 6.92 Å². The number of nitrogens with two attached hydrogens (primary N) is 1. The highest BCUT2D eigenvalue weighted by Gasteiger charge is 2.06. The summed E-state index contributed by atoms with van der Waals surface area (Å²) in [5, 5.41) is 0. The topological polar surface area (TPSA) is 56.0 Å². The Hall–Kier alpha value is -0.900. The lowest BCUT2D eigenvalue weighted by Gasteiger charge is -2.00. The first-order valence-corrected chi connectivity index (χ1v) is 3.83. The average molecular weight is 215 g/mol. The van der Waals surface area contributed by atoms with Crippen LogP contribution in [0.25, 0.3) is 0 Å². The molecule has 0 unspecified atom stereocenters. The van der Waals surface area contributed by atoms with Crippen molar-refractivity contribution in [2.24, 2.45) is 5.73 Å². The number of rotatable bonds is 1. The molecule has 0 aliphatic heterocycles. The van der Waals surface area contributed by atoms with Crippen molar-refractivity contribution >= 4 is 21.8 Å². The van der Waals surface area contributed by atoms with Crippen molar-refractivity contribution in [2.75, 3.05) is 0 Å². The van der Waals surface area contributed by atoms with E-state index in [4.69, 9.17) is 5.73 Å². The van der Waals surface area contributed by atoms with E-state index in [2.05, 4.69) is 20.9 Å². The molecular weight excluding hydrogens is 208 g/mol. The molecular formula is C7H7BrN2O. The Labute approximate surface area is 72.7 Å². The van der Waals surface area contributed by atoms with Crippen molar-refractivity contribution < 1.29 is 4.79 Å². The largest absolute Gasteiger partial charge is 0.366 e. The summed E-state index contributed by atoms with van der Waals surface area (Å²) >= 11 is 3.20. The van der Waals surface area contributed by atoms with E-state index in [9.17, 15) is 4.79 Å². The van der Waals surface area contributed by atoms with E-state index in [1.165, 1.54) is 6.20 Å². The van der Waals surface area contributed by atoms with Gasteiger partial charge in [0.25, 0.3) is 0 Å². The Kier molecular flexibility index (Phi) is 2.24. The zero-order chi connectivity index (χ0) is 8.43. The second kappa shape index (κ2) is 3.00. The number of carbonyl (C=O) groups excluding carboxylic acids is 1. The number of aromatic nitrogens is 1. The SMILES string of the molecule is Cc1c(C(N)=O)ccnc1Br. The van der Waals surface area contributed by atoms with Crippen molar-refractivity contribution in [2.45, 2.75) is 6.92 Å². The summed E-state index contributed by atoms with van der Waals surface area (Å²) < 4.78 is 0.661. The number of hydrogen-bond donors (Lipinski definition) is 1. The van der Waals surface area contributed by atoms with E-state index < -0.39 is 5.91 Å². The van der Waals surface area contributed by atoms with Crippen LogP contribution >= 0.6 is 15.9 Å². The van der Waals surface area contributed by atoms with Gasteiger partial charge >= 0.3 is 0 Å². The molecule has 0 bridgehead atoms. The quantitative estimate of drug-likeness (QED) is 0.716. The summed E-state index contributed by atoms with van der Waals surface area (Å²) in [6.45, 7) is 1.79. The van der Waals surface area contributed by atoms with Crippen LogP contribution in [0.5, 0.6) is 0 Å². The number of halogens is 1. The third-order valence-corrected chi connectivity index (χ3v) is 2.21. The van der Waals surface area contributed by atoms with Gasteiger partial charge in [0, 0.05) is 11.8 Å². The van der Waals surface area contributed by atoms with E-state index in [0.717, 1.165) is 5.56 Å². The zero-order valence-electron chi connectivity index (χ0n) is 5.97. The Morgan fingerprint density at radius 2 is 2.36 bits per heavy atom. The number of primary amides is 1. The van der Waals surface area contributed by atoms with Crippen LogP contribution in [-0.2, 0) is 0 Å². The molecule has 2 N–H and O–H groups in total. The van der Waals surface area contributed by atoms with Crippen molar-refractivity contribution in [3.8, 4) is 0 Å². The molecule has 0 aromatic carbocycles. The highest BCUT2D eigenvalue weighted by atomic mass is 79.9. The Morgan fingerprint density at radius 1 is 1.73 bits per heavy atom. The lowest BCUT2D eigenvalue weighted by molar-refractivity contribution is 0.0999. The van der Waals surface area contributed by atoms with Crippen LogP contribution in [0.2, 0.25) is 0 Å². The van der Waals surface area contributed by atoms with Crippen LogP contribution in [0.4, 0.5) is 0 Å². The molecule has 4 heteroatoms. The van der Waals surface area contributed by atoms with E-state index in [1.807, 2.05) is 0 Å². The molecule has 0 aliphatic rings. The van der Waals surface area contributed by atoms with Crippen molar-refractivity contribution in [3.63, 3.8) is 0 Å². The molecule has 1 heterocycles. The fraction of sp³-hybridized carbons (Fsp3) is 0.143. The first kappa shape index (κ1) is 8.20. The molecule has 0 saturated carbocycles.